The molecule has 0 N–H and O–H groups in total. The van der Waals surface area contributed by atoms with Crippen LogP contribution in [0, 0.1) is 5.82 Å². The summed E-state index contributed by atoms with van der Waals surface area (Å²) >= 11 is 0. The number of benzene rings is 2. The van der Waals surface area contributed by atoms with Gasteiger partial charge in [0.15, 0.2) is 0 Å². The summed E-state index contributed by atoms with van der Waals surface area (Å²) in [4.78, 5) is 14.3. The normalized spacial score (nSPS) is 15.3. The van der Waals surface area contributed by atoms with Gasteiger partial charge in [0.05, 0.1) is 19.1 Å². The second-order valence-corrected chi connectivity index (χ2v) is 8.19. The van der Waals surface area contributed by atoms with E-state index in [2.05, 4.69) is 0 Å². The van der Waals surface area contributed by atoms with Gasteiger partial charge in [-0.2, -0.15) is 4.31 Å². The number of methoxy groups -OCH3 is 2. The zero-order chi connectivity index (χ0) is 20.3. The molecule has 1 heterocycles. The SMILES string of the molecule is COc1cc(OC)cc(C(=O)N2CCN(S(=O)(=O)c3cccc(F)c3)CC2)c1. The number of sulfonamides is 1. The molecule has 1 saturated heterocycles. The summed E-state index contributed by atoms with van der Waals surface area (Å²) in [6.07, 6.45) is 0. The Bertz CT molecular complexity index is 950. The van der Waals surface area contributed by atoms with Gasteiger partial charge in [-0.25, -0.2) is 12.8 Å². The fourth-order valence-corrected chi connectivity index (χ4v) is 4.48. The van der Waals surface area contributed by atoms with Gasteiger partial charge in [-0.1, -0.05) is 6.07 Å². The van der Waals surface area contributed by atoms with Crippen LogP contribution < -0.4 is 9.47 Å². The predicted octanol–water partition coefficient (Wildman–Crippen LogP) is 1.99. The molecule has 3 rings (SSSR count). The zero-order valence-corrected chi connectivity index (χ0v) is 16.4. The van der Waals surface area contributed by atoms with Gasteiger partial charge >= 0.3 is 0 Å². The molecule has 9 heteroatoms. The van der Waals surface area contributed by atoms with Gasteiger partial charge in [-0.15, -0.1) is 0 Å². The van der Waals surface area contributed by atoms with Gasteiger partial charge in [0.25, 0.3) is 5.91 Å². The van der Waals surface area contributed by atoms with Crippen molar-refractivity contribution in [2.24, 2.45) is 0 Å². The third-order valence-corrected chi connectivity index (χ3v) is 6.45. The first kappa shape index (κ1) is 20.1. The standard InChI is InChI=1S/C19H21FN2O5S/c1-26-16-10-14(11-17(13-16)27-2)19(23)21-6-8-22(9-7-21)28(24,25)18-5-3-4-15(20)12-18/h3-5,10-13H,6-9H2,1-2H3. The van der Waals surface area contributed by atoms with E-state index in [9.17, 15) is 17.6 Å². The number of hydrogen-bond acceptors (Lipinski definition) is 5. The largest absolute Gasteiger partial charge is 0.497 e. The lowest BCUT2D eigenvalue weighted by Gasteiger charge is -2.34. The van der Waals surface area contributed by atoms with Crippen LogP contribution in [0.4, 0.5) is 4.39 Å². The molecule has 1 amide bonds. The Balaban J connectivity index is 1.72. The van der Waals surface area contributed by atoms with Crippen LogP contribution in [0.25, 0.3) is 0 Å². The molecule has 0 unspecified atom stereocenters. The van der Waals surface area contributed by atoms with E-state index in [1.165, 1.54) is 36.7 Å². The zero-order valence-electron chi connectivity index (χ0n) is 15.6. The lowest BCUT2D eigenvalue weighted by molar-refractivity contribution is 0.0697. The van der Waals surface area contributed by atoms with E-state index in [0.717, 1.165) is 6.07 Å². The molecule has 1 aliphatic rings. The van der Waals surface area contributed by atoms with Crippen LogP contribution in [0.2, 0.25) is 0 Å². The number of piperazine rings is 1. The Morgan fingerprint density at radius 2 is 1.57 bits per heavy atom. The molecule has 0 saturated carbocycles. The highest BCUT2D eigenvalue weighted by molar-refractivity contribution is 7.89. The van der Waals surface area contributed by atoms with E-state index < -0.39 is 15.8 Å². The first-order valence-electron chi connectivity index (χ1n) is 8.63. The first-order valence-corrected chi connectivity index (χ1v) is 10.1. The Morgan fingerprint density at radius 3 is 2.11 bits per heavy atom. The molecule has 0 bridgehead atoms. The van der Waals surface area contributed by atoms with E-state index in [0.29, 0.717) is 17.1 Å². The van der Waals surface area contributed by atoms with Crippen LogP contribution >= 0.6 is 0 Å². The molecule has 1 aliphatic heterocycles. The fourth-order valence-electron chi connectivity index (χ4n) is 3.02. The number of carbonyl (C=O) groups is 1. The van der Waals surface area contributed by atoms with Crippen molar-refractivity contribution in [1.82, 2.24) is 9.21 Å². The van der Waals surface area contributed by atoms with Crippen LogP contribution in [0.5, 0.6) is 11.5 Å². The van der Waals surface area contributed by atoms with E-state index in [1.54, 1.807) is 23.1 Å². The van der Waals surface area contributed by atoms with Gasteiger partial charge in [0.2, 0.25) is 10.0 Å². The van der Waals surface area contributed by atoms with Crippen LogP contribution in [-0.4, -0.2) is 63.9 Å². The van der Waals surface area contributed by atoms with Crippen molar-refractivity contribution < 1.29 is 27.1 Å². The van der Waals surface area contributed by atoms with Gasteiger partial charge in [0, 0.05) is 37.8 Å². The van der Waals surface area contributed by atoms with Gasteiger partial charge < -0.3 is 14.4 Å². The quantitative estimate of drug-likeness (QED) is 0.756. The molecule has 150 valence electrons. The van der Waals surface area contributed by atoms with Crippen molar-refractivity contribution in [3.05, 3.63) is 53.8 Å². The number of ether oxygens (including phenoxy) is 2. The molecular formula is C19H21FN2O5S. The number of nitrogens with zero attached hydrogens (tertiary/aromatic N) is 2. The molecule has 7 nitrogen and oxygen atoms in total. The summed E-state index contributed by atoms with van der Waals surface area (Å²) in [5.41, 5.74) is 0.401. The van der Waals surface area contributed by atoms with Crippen LogP contribution in [-0.2, 0) is 10.0 Å². The van der Waals surface area contributed by atoms with E-state index in [1.807, 2.05) is 0 Å². The summed E-state index contributed by atoms with van der Waals surface area (Å²) in [5, 5.41) is 0. The highest BCUT2D eigenvalue weighted by atomic mass is 32.2. The van der Waals surface area contributed by atoms with Crippen molar-refractivity contribution >= 4 is 15.9 Å². The predicted molar refractivity (Wildman–Crippen MR) is 101 cm³/mol. The van der Waals surface area contributed by atoms with Gasteiger partial charge in [-0.05, 0) is 30.3 Å². The van der Waals surface area contributed by atoms with Crippen molar-refractivity contribution in [2.45, 2.75) is 4.90 Å². The maximum absolute atomic E-state index is 13.4. The highest BCUT2D eigenvalue weighted by Crippen LogP contribution is 2.24. The average molecular weight is 408 g/mol. The minimum absolute atomic E-state index is 0.0928. The van der Waals surface area contributed by atoms with Gasteiger partial charge in [0.1, 0.15) is 17.3 Å². The first-order chi connectivity index (χ1) is 13.3. The van der Waals surface area contributed by atoms with Crippen molar-refractivity contribution in [1.29, 1.82) is 0 Å². The lowest BCUT2D eigenvalue weighted by atomic mass is 10.1. The second-order valence-electron chi connectivity index (χ2n) is 6.26. The monoisotopic (exact) mass is 408 g/mol. The van der Waals surface area contributed by atoms with Crippen molar-refractivity contribution in [3.8, 4) is 11.5 Å². The molecule has 0 aromatic heterocycles. The number of amides is 1. The molecule has 2 aromatic rings. The molecule has 1 fully saturated rings. The molecule has 0 atom stereocenters. The summed E-state index contributed by atoms with van der Waals surface area (Å²) in [5.74, 6) is 0.145. The maximum Gasteiger partial charge on any atom is 0.254 e. The van der Waals surface area contributed by atoms with Crippen molar-refractivity contribution in [3.63, 3.8) is 0 Å². The third-order valence-electron chi connectivity index (χ3n) is 4.56. The van der Waals surface area contributed by atoms with E-state index >= 15 is 0 Å². The Morgan fingerprint density at radius 1 is 0.964 bits per heavy atom. The highest BCUT2D eigenvalue weighted by Gasteiger charge is 2.30. The van der Waals surface area contributed by atoms with Gasteiger partial charge in [-0.3, -0.25) is 4.79 Å². The third kappa shape index (κ3) is 4.10. The Kier molecular flexibility index (Phi) is 5.85. The van der Waals surface area contributed by atoms with Crippen molar-refractivity contribution in [2.75, 3.05) is 40.4 Å². The minimum atomic E-state index is -3.80. The Labute approximate surface area is 163 Å². The van der Waals surface area contributed by atoms with Crippen LogP contribution in [0.15, 0.2) is 47.4 Å². The fraction of sp³-hybridized carbons (Fsp3) is 0.316. The number of hydrogen-bond donors (Lipinski definition) is 0. The Hall–Kier alpha value is -2.65. The average Bonchev–Trinajstić information content (AvgIpc) is 2.72. The van der Waals surface area contributed by atoms with E-state index in [-0.39, 0.29) is 37.0 Å². The molecule has 0 aliphatic carbocycles. The summed E-state index contributed by atoms with van der Waals surface area (Å²) in [7, 11) is -0.806. The molecule has 0 spiro atoms. The number of halogens is 1. The molecular weight excluding hydrogens is 387 g/mol. The number of rotatable bonds is 5. The molecule has 28 heavy (non-hydrogen) atoms. The van der Waals surface area contributed by atoms with Crippen LogP contribution in [0.3, 0.4) is 0 Å². The molecule has 2 aromatic carbocycles. The van der Waals surface area contributed by atoms with E-state index in [4.69, 9.17) is 9.47 Å². The minimum Gasteiger partial charge on any atom is -0.497 e. The summed E-state index contributed by atoms with van der Waals surface area (Å²) < 4.78 is 50.4. The topological polar surface area (TPSA) is 76.2 Å². The number of carbonyl (C=O) groups excluding carboxylic acids is 1. The summed E-state index contributed by atoms with van der Waals surface area (Å²) in [6, 6.07) is 9.80. The lowest BCUT2D eigenvalue weighted by Crippen LogP contribution is -2.50. The second kappa shape index (κ2) is 8.15. The smallest absolute Gasteiger partial charge is 0.254 e. The maximum atomic E-state index is 13.4. The van der Waals surface area contributed by atoms with Crippen LogP contribution in [0.1, 0.15) is 10.4 Å². The molecule has 0 radical (unpaired) electrons. The summed E-state index contributed by atoms with van der Waals surface area (Å²) in [6.45, 7) is 0.719.